The van der Waals surface area contributed by atoms with E-state index in [4.69, 9.17) is 14.5 Å². The molecule has 0 aliphatic heterocycles. The maximum Gasteiger partial charge on any atom is 0.469 e. The molecule has 0 heterocycles. The van der Waals surface area contributed by atoms with Gasteiger partial charge in [0.15, 0.2) is 0 Å². The number of hydrogen-bond donors (Lipinski definition) is 3. The zero-order valence-corrected chi connectivity index (χ0v) is 12.6. The van der Waals surface area contributed by atoms with Gasteiger partial charge in [-0.2, -0.15) is 0 Å². The third-order valence-corrected chi connectivity index (χ3v) is 4.40. The second-order valence-corrected chi connectivity index (χ2v) is 6.51. The number of carbonyl (C=O) groups excluding carboxylic acids is 1. The smallest absolute Gasteiger partial charge is 0.449 e. The number of hydrogen-bond acceptors (Lipinski definition) is 4. The lowest BCUT2D eigenvalue weighted by Gasteiger charge is -2.08. The van der Waals surface area contributed by atoms with Crippen molar-refractivity contribution in [2.45, 2.75) is 25.7 Å². The van der Waals surface area contributed by atoms with Crippen LogP contribution in [0.15, 0.2) is 0 Å². The van der Waals surface area contributed by atoms with Crippen molar-refractivity contribution in [3.05, 3.63) is 0 Å². The highest BCUT2D eigenvalue weighted by atomic mass is 31.2. The standard InChI is InChI=1S/C13H20NO6P/c15-13(14-7-8-20-21(16,17)18)19-9-12-10-5-3-1-2-4-6-11(10)12/h10-12H,3-9H2,(H,14,15)(H2,16,17,18)/t10-,11+,12?. The van der Waals surface area contributed by atoms with E-state index in [1.165, 1.54) is 0 Å². The Balaban J connectivity index is 1.57. The Kier molecular flexibility index (Phi) is 5.65. The minimum Gasteiger partial charge on any atom is -0.449 e. The average Bonchev–Trinajstić information content (AvgIpc) is 3.01. The first kappa shape index (κ1) is 16.3. The monoisotopic (exact) mass is 317 g/mol. The SMILES string of the molecule is O=C(NCCOP(=O)(O)O)OCC1[C@H]2CCC#CCC[C@@H]12. The molecule has 0 spiro atoms. The quantitative estimate of drug-likeness (QED) is 0.387. The molecule has 7 nitrogen and oxygen atoms in total. The van der Waals surface area contributed by atoms with Crippen LogP contribution in [0.25, 0.3) is 0 Å². The summed E-state index contributed by atoms with van der Waals surface area (Å²) < 4.78 is 19.8. The molecule has 0 bridgehead atoms. The summed E-state index contributed by atoms with van der Waals surface area (Å²) >= 11 is 0. The van der Waals surface area contributed by atoms with Crippen molar-refractivity contribution in [3.63, 3.8) is 0 Å². The van der Waals surface area contributed by atoms with Crippen LogP contribution in [-0.2, 0) is 13.8 Å². The molecule has 3 atom stereocenters. The highest BCUT2D eigenvalue weighted by molar-refractivity contribution is 7.46. The Labute approximate surface area is 123 Å². The number of amides is 1. The summed E-state index contributed by atoms with van der Waals surface area (Å²) in [4.78, 5) is 28.4. The van der Waals surface area contributed by atoms with Gasteiger partial charge in [-0.1, -0.05) is 0 Å². The molecule has 118 valence electrons. The number of alkyl carbamates (subject to hydrolysis) is 1. The Morgan fingerprint density at radius 2 is 1.86 bits per heavy atom. The Bertz CT molecular complexity index is 461. The normalized spacial score (nSPS) is 27.4. The van der Waals surface area contributed by atoms with Gasteiger partial charge in [-0.15, -0.1) is 11.8 Å². The van der Waals surface area contributed by atoms with Gasteiger partial charge >= 0.3 is 13.9 Å². The molecule has 3 N–H and O–H groups in total. The third-order valence-electron chi connectivity index (χ3n) is 3.88. The van der Waals surface area contributed by atoms with Gasteiger partial charge in [0.25, 0.3) is 0 Å². The Hall–Kier alpha value is -1.06. The van der Waals surface area contributed by atoms with Crippen LogP contribution in [0.1, 0.15) is 25.7 Å². The fourth-order valence-electron chi connectivity index (χ4n) is 2.82. The van der Waals surface area contributed by atoms with Gasteiger partial charge in [-0.25, -0.2) is 9.36 Å². The Morgan fingerprint density at radius 3 is 2.43 bits per heavy atom. The van der Waals surface area contributed by atoms with Crippen LogP contribution in [0.3, 0.4) is 0 Å². The number of phosphoric ester groups is 1. The summed E-state index contributed by atoms with van der Waals surface area (Å²) in [5.41, 5.74) is 0. The van der Waals surface area contributed by atoms with Gasteiger partial charge < -0.3 is 19.8 Å². The first-order valence-corrected chi connectivity index (χ1v) is 8.57. The van der Waals surface area contributed by atoms with Gasteiger partial charge in [0.2, 0.25) is 0 Å². The molecule has 1 saturated carbocycles. The molecule has 1 unspecified atom stereocenters. The summed E-state index contributed by atoms with van der Waals surface area (Å²) in [6, 6.07) is 0. The van der Waals surface area contributed by atoms with E-state index in [2.05, 4.69) is 21.7 Å². The summed E-state index contributed by atoms with van der Waals surface area (Å²) in [5, 5.41) is 2.39. The number of rotatable bonds is 6. The lowest BCUT2D eigenvalue weighted by Crippen LogP contribution is -2.28. The van der Waals surface area contributed by atoms with Crippen LogP contribution in [-0.4, -0.2) is 35.6 Å². The predicted molar refractivity (Wildman–Crippen MR) is 74.1 cm³/mol. The van der Waals surface area contributed by atoms with E-state index >= 15 is 0 Å². The zero-order valence-electron chi connectivity index (χ0n) is 11.7. The van der Waals surface area contributed by atoms with Gasteiger partial charge in [-0.3, -0.25) is 4.52 Å². The van der Waals surface area contributed by atoms with Crippen LogP contribution in [0.2, 0.25) is 0 Å². The number of carbonyl (C=O) groups is 1. The van der Waals surface area contributed by atoms with E-state index in [0.29, 0.717) is 24.4 Å². The van der Waals surface area contributed by atoms with E-state index < -0.39 is 13.9 Å². The highest BCUT2D eigenvalue weighted by Crippen LogP contribution is 2.52. The number of fused-ring (bicyclic) bond motifs is 1. The zero-order chi connectivity index (χ0) is 15.3. The predicted octanol–water partition coefficient (Wildman–Crippen LogP) is 1.26. The minimum absolute atomic E-state index is 0.00466. The lowest BCUT2D eigenvalue weighted by atomic mass is 10.1. The van der Waals surface area contributed by atoms with Crippen molar-refractivity contribution in [1.29, 1.82) is 0 Å². The van der Waals surface area contributed by atoms with Gasteiger partial charge in [0.05, 0.1) is 13.2 Å². The number of ether oxygens (including phenoxy) is 1. The molecule has 21 heavy (non-hydrogen) atoms. The van der Waals surface area contributed by atoms with E-state index in [0.717, 1.165) is 25.7 Å². The van der Waals surface area contributed by atoms with Crippen LogP contribution < -0.4 is 5.32 Å². The van der Waals surface area contributed by atoms with Crippen molar-refractivity contribution in [3.8, 4) is 11.8 Å². The van der Waals surface area contributed by atoms with E-state index in [9.17, 15) is 9.36 Å². The highest BCUT2D eigenvalue weighted by Gasteiger charge is 2.49. The topological polar surface area (TPSA) is 105 Å². The molecule has 8 heteroatoms. The first-order chi connectivity index (χ1) is 9.97. The molecule has 2 rings (SSSR count). The summed E-state index contributed by atoms with van der Waals surface area (Å²) in [5.74, 6) is 7.91. The largest absolute Gasteiger partial charge is 0.469 e. The molecule has 0 aromatic carbocycles. The second-order valence-electron chi connectivity index (χ2n) is 5.27. The van der Waals surface area contributed by atoms with E-state index in [-0.39, 0.29) is 13.2 Å². The number of nitrogens with one attached hydrogen (secondary N) is 1. The van der Waals surface area contributed by atoms with Crippen LogP contribution in [0, 0.1) is 29.6 Å². The van der Waals surface area contributed by atoms with Crippen molar-refractivity contribution in [2.24, 2.45) is 17.8 Å². The van der Waals surface area contributed by atoms with Crippen molar-refractivity contribution in [1.82, 2.24) is 5.32 Å². The summed E-state index contributed by atoms with van der Waals surface area (Å²) in [6.45, 7) is 0.126. The molecule has 2 aliphatic rings. The van der Waals surface area contributed by atoms with E-state index in [1.807, 2.05) is 0 Å². The van der Waals surface area contributed by atoms with Crippen molar-refractivity contribution in [2.75, 3.05) is 19.8 Å². The van der Waals surface area contributed by atoms with Gasteiger partial charge in [0, 0.05) is 19.4 Å². The molecule has 0 aromatic heterocycles. The summed E-state index contributed by atoms with van der Waals surface area (Å²) in [6.07, 6.45) is 3.40. The molecule has 1 fully saturated rings. The molecule has 2 aliphatic carbocycles. The number of phosphoric acid groups is 1. The molecule has 0 aromatic rings. The second kappa shape index (κ2) is 7.28. The summed E-state index contributed by atoms with van der Waals surface area (Å²) in [7, 11) is -4.48. The van der Waals surface area contributed by atoms with Crippen LogP contribution in [0.4, 0.5) is 4.79 Å². The average molecular weight is 317 g/mol. The molecule has 0 saturated heterocycles. The van der Waals surface area contributed by atoms with Crippen LogP contribution >= 0.6 is 7.82 Å². The van der Waals surface area contributed by atoms with Crippen molar-refractivity contribution >= 4 is 13.9 Å². The molecular weight excluding hydrogens is 297 g/mol. The van der Waals surface area contributed by atoms with Gasteiger partial charge in [-0.05, 0) is 30.6 Å². The Morgan fingerprint density at radius 1 is 1.24 bits per heavy atom. The first-order valence-electron chi connectivity index (χ1n) is 7.04. The van der Waals surface area contributed by atoms with Gasteiger partial charge in [0.1, 0.15) is 0 Å². The molecule has 1 amide bonds. The van der Waals surface area contributed by atoms with Crippen molar-refractivity contribution < 1.29 is 28.4 Å². The molecular formula is C13H20NO6P. The van der Waals surface area contributed by atoms with Crippen LogP contribution in [0.5, 0.6) is 0 Å². The minimum atomic E-state index is -4.48. The third kappa shape index (κ3) is 5.68. The maximum absolute atomic E-state index is 11.4. The fraction of sp³-hybridized carbons (Fsp3) is 0.769. The molecule has 0 radical (unpaired) electrons. The maximum atomic E-state index is 11.4. The fourth-order valence-corrected chi connectivity index (χ4v) is 3.15. The lowest BCUT2D eigenvalue weighted by molar-refractivity contribution is 0.133. The van der Waals surface area contributed by atoms with E-state index in [1.54, 1.807) is 0 Å².